The van der Waals surface area contributed by atoms with Crippen LogP contribution in [0.25, 0.3) is 0 Å². The standard InChI is InChI=1S/C14H11ClF2N2O/c15-10-5-2-1-4-9(10)8-18-14(20)19-13-11(16)6-3-7-12(13)17/h1-7H,8H2,(H2,18,19,20). The minimum absolute atomic E-state index is 0.154. The number of carbonyl (C=O) groups is 1. The van der Waals surface area contributed by atoms with E-state index in [1.807, 2.05) is 0 Å². The molecule has 0 aliphatic heterocycles. The average Bonchev–Trinajstić information content (AvgIpc) is 2.42. The van der Waals surface area contributed by atoms with E-state index in [4.69, 9.17) is 11.6 Å². The molecule has 0 fully saturated rings. The molecule has 0 spiro atoms. The Morgan fingerprint density at radius 1 is 1.05 bits per heavy atom. The number of benzene rings is 2. The fraction of sp³-hybridized carbons (Fsp3) is 0.0714. The smallest absolute Gasteiger partial charge is 0.319 e. The maximum absolute atomic E-state index is 13.3. The van der Waals surface area contributed by atoms with Crippen LogP contribution in [0.2, 0.25) is 5.02 Å². The van der Waals surface area contributed by atoms with Crippen LogP contribution in [0.4, 0.5) is 19.3 Å². The topological polar surface area (TPSA) is 41.1 Å². The molecular weight excluding hydrogens is 286 g/mol. The predicted octanol–water partition coefficient (Wildman–Crippen LogP) is 3.94. The lowest BCUT2D eigenvalue weighted by atomic mass is 10.2. The van der Waals surface area contributed by atoms with E-state index < -0.39 is 23.4 Å². The van der Waals surface area contributed by atoms with Crippen molar-refractivity contribution in [3.8, 4) is 0 Å². The molecule has 2 N–H and O–H groups in total. The summed E-state index contributed by atoms with van der Waals surface area (Å²) in [5.74, 6) is -1.67. The number of para-hydroxylation sites is 1. The SMILES string of the molecule is O=C(NCc1ccccc1Cl)Nc1c(F)cccc1F. The molecule has 6 heteroatoms. The summed E-state index contributed by atoms with van der Waals surface area (Å²) in [4.78, 5) is 11.6. The fourth-order valence-electron chi connectivity index (χ4n) is 1.59. The van der Waals surface area contributed by atoms with Crippen molar-refractivity contribution in [1.82, 2.24) is 5.32 Å². The first kappa shape index (κ1) is 14.3. The Bertz CT molecular complexity index is 614. The lowest BCUT2D eigenvalue weighted by molar-refractivity contribution is 0.251. The van der Waals surface area contributed by atoms with Gasteiger partial charge in [0.1, 0.15) is 17.3 Å². The minimum Gasteiger partial charge on any atom is -0.334 e. The van der Waals surface area contributed by atoms with Gasteiger partial charge in [-0.3, -0.25) is 0 Å². The van der Waals surface area contributed by atoms with Gasteiger partial charge < -0.3 is 10.6 Å². The van der Waals surface area contributed by atoms with Crippen LogP contribution in [0, 0.1) is 11.6 Å². The summed E-state index contributed by atoms with van der Waals surface area (Å²) in [7, 11) is 0. The molecule has 2 rings (SSSR count). The molecule has 0 radical (unpaired) electrons. The van der Waals surface area contributed by atoms with Gasteiger partial charge in [-0.2, -0.15) is 0 Å². The third-order valence-electron chi connectivity index (χ3n) is 2.60. The monoisotopic (exact) mass is 296 g/mol. The van der Waals surface area contributed by atoms with Crippen LogP contribution >= 0.6 is 11.6 Å². The van der Waals surface area contributed by atoms with Crippen molar-refractivity contribution in [2.24, 2.45) is 0 Å². The van der Waals surface area contributed by atoms with Crippen LogP contribution in [-0.4, -0.2) is 6.03 Å². The summed E-state index contributed by atoms with van der Waals surface area (Å²) in [6, 6.07) is 9.60. The minimum atomic E-state index is -0.835. The van der Waals surface area contributed by atoms with Gasteiger partial charge in [0.15, 0.2) is 0 Å². The molecule has 2 aromatic rings. The van der Waals surface area contributed by atoms with Gasteiger partial charge in [0.05, 0.1) is 0 Å². The van der Waals surface area contributed by atoms with Gasteiger partial charge in [-0.1, -0.05) is 35.9 Å². The normalized spacial score (nSPS) is 10.2. The summed E-state index contributed by atoms with van der Waals surface area (Å²) in [5, 5.41) is 5.10. The summed E-state index contributed by atoms with van der Waals surface area (Å²) in [6.07, 6.45) is 0. The number of rotatable bonds is 3. The van der Waals surface area contributed by atoms with Crippen molar-refractivity contribution >= 4 is 23.3 Å². The molecule has 0 bridgehead atoms. The summed E-state index contributed by atoms with van der Waals surface area (Å²) in [6.45, 7) is 0.154. The summed E-state index contributed by atoms with van der Waals surface area (Å²) in [5.41, 5.74) is 0.225. The second-order valence-corrected chi connectivity index (χ2v) is 4.40. The Labute approximate surface area is 119 Å². The lowest BCUT2D eigenvalue weighted by Gasteiger charge is -2.10. The van der Waals surface area contributed by atoms with Gasteiger partial charge in [0, 0.05) is 11.6 Å². The molecule has 0 aliphatic carbocycles. The molecule has 20 heavy (non-hydrogen) atoms. The van der Waals surface area contributed by atoms with Crippen LogP contribution in [-0.2, 0) is 6.54 Å². The molecule has 2 amide bonds. The molecule has 104 valence electrons. The van der Waals surface area contributed by atoms with E-state index in [2.05, 4.69) is 10.6 Å². The number of halogens is 3. The first-order valence-corrected chi connectivity index (χ1v) is 6.18. The van der Waals surface area contributed by atoms with Gasteiger partial charge >= 0.3 is 6.03 Å². The molecule has 0 aliphatic rings. The van der Waals surface area contributed by atoms with Gasteiger partial charge in [-0.15, -0.1) is 0 Å². The van der Waals surface area contributed by atoms with E-state index in [0.29, 0.717) is 10.6 Å². The highest BCUT2D eigenvalue weighted by atomic mass is 35.5. The van der Waals surface area contributed by atoms with Crippen molar-refractivity contribution in [3.63, 3.8) is 0 Å². The highest BCUT2D eigenvalue weighted by Gasteiger charge is 2.11. The highest BCUT2D eigenvalue weighted by molar-refractivity contribution is 6.31. The van der Waals surface area contributed by atoms with Gasteiger partial charge in [-0.05, 0) is 23.8 Å². The molecule has 0 atom stereocenters. The molecule has 0 saturated carbocycles. The number of carbonyl (C=O) groups excluding carboxylic acids is 1. The van der Waals surface area contributed by atoms with Crippen LogP contribution in [0.5, 0.6) is 0 Å². The van der Waals surface area contributed by atoms with E-state index >= 15 is 0 Å². The third-order valence-corrected chi connectivity index (χ3v) is 2.97. The zero-order valence-corrected chi connectivity index (χ0v) is 11.0. The summed E-state index contributed by atoms with van der Waals surface area (Å²) >= 11 is 5.93. The average molecular weight is 297 g/mol. The Morgan fingerprint density at radius 2 is 1.70 bits per heavy atom. The first-order chi connectivity index (χ1) is 9.58. The highest BCUT2D eigenvalue weighted by Crippen LogP contribution is 2.18. The van der Waals surface area contributed by atoms with E-state index in [1.54, 1.807) is 24.3 Å². The van der Waals surface area contributed by atoms with Gasteiger partial charge in [0.25, 0.3) is 0 Å². The fourth-order valence-corrected chi connectivity index (χ4v) is 1.79. The van der Waals surface area contributed by atoms with Crippen molar-refractivity contribution in [3.05, 3.63) is 64.7 Å². The number of hydrogen-bond donors (Lipinski definition) is 2. The summed E-state index contributed by atoms with van der Waals surface area (Å²) < 4.78 is 26.7. The quantitative estimate of drug-likeness (QED) is 0.885. The molecular formula is C14H11ClF2N2O. The Kier molecular flexibility index (Phi) is 4.53. The molecule has 3 nitrogen and oxygen atoms in total. The number of urea groups is 1. The maximum Gasteiger partial charge on any atom is 0.319 e. The molecule has 0 saturated heterocycles. The van der Waals surface area contributed by atoms with Crippen LogP contribution in [0.15, 0.2) is 42.5 Å². The molecule has 0 aromatic heterocycles. The maximum atomic E-state index is 13.3. The Hall–Kier alpha value is -2.14. The van der Waals surface area contributed by atoms with Crippen molar-refractivity contribution in [1.29, 1.82) is 0 Å². The molecule has 2 aromatic carbocycles. The second kappa shape index (κ2) is 6.34. The van der Waals surface area contributed by atoms with E-state index in [0.717, 1.165) is 12.1 Å². The Balaban J connectivity index is 1.98. The molecule has 0 unspecified atom stereocenters. The van der Waals surface area contributed by atoms with Crippen molar-refractivity contribution in [2.75, 3.05) is 5.32 Å². The van der Waals surface area contributed by atoms with E-state index in [-0.39, 0.29) is 6.54 Å². The van der Waals surface area contributed by atoms with E-state index in [1.165, 1.54) is 6.07 Å². The third kappa shape index (κ3) is 3.45. The number of nitrogens with one attached hydrogen (secondary N) is 2. The predicted molar refractivity (Wildman–Crippen MR) is 73.7 cm³/mol. The number of hydrogen-bond acceptors (Lipinski definition) is 1. The largest absolute Gasteiger partial charge is 0.334 e. The van der Waals surface area contributed by atoms with Crippen molar-refractivity contribution < 1.29 is 13.6 Å². The zero-order chi connectivity index (χ0) is 14.5. The lowest BCUT2D eigenvalue weighted by Crippen LogP contribution is -2.29. The first-order valence-electron chi connectivity index (χ1n) is 5.80. The van der Waals surface area contributed by atoms with Gasteiger partial charge in [-0.25, -0.2) is 13.6 Å². The van der Waals surface area contributed by atoms with Crippen LogP contribution < -0.4 is 10.6 Å². The Morgan fingerprint density at radius 3 is 2.35 bits per heavy atom. The zero-order valence-electron chi connectivity index (χ0n) is 10.3. The van der Waals surface area contributed by atoms with Crippen LogP contribution in [0.3, 0.4) is 0 Å². The van der Waals surface area contributed by atoms with Crippen molar-refractivity contribution in [2.45, 2.75) is 6.54 Å². The van der Waals surface area contributed by atoms with Crippen LogP contribution in [0.1, 0.15) is 5.56 Å². The second-order valence-electron chi connectivity index (χ2n) is 4.00. The number of amides is 2. The van der Waals surface area contributed by atoms with Gasteiger partial charge in [0.2, 0.25) is 0 Å². The number of anilines is 1. The molecule has 0 heterocycles. The van der Waals surface area contributed by atoms with E-state index in [9.17, 15) is 13.6 Å².